The normalized spacial score (nSPS) is 9.86. The molecule has 1 aromatic rings. The Morgan fingerprint density at radius 1 is 1.71 bits per heavy atom. The average Bonchev–Trinajstić information content (AvgIpc) is 2.46. The van der Waals surface area contributed by atoms with Gasteiger partial charge in [0.2, 0.25) is 0 Å². The van der Waals surface area contributed by atoms with Crippen molar-refractivity contribution in [2.75, 3.05) is 7.11 Å². The molecule has 0 saturated heterocycles. The summed E-state index contributed by atoms with van der Waals surface area (Å²) in [5.74, 6) is -0.556. The van der Waals surface area contributed by atoms with Crippen LogP contribution >= 0.6 is 0 Å². The van der Waals surface area contributed by atoms with Gasteiger partial charge >= 0.3 is 11.7 Å². The van der Waals surface area contributed by atoms with Crippen molar-refractivity contribution in [1.29, 1.82) is 0 Å². The van der Waals surface area contributed by atoms with E-state index in [1.165, 1.54) is 14.0 Å². The van der Waals surface area contributed by atoms with E-state index in [1.54, 1.807) is 0 Å². The number of carbonyl (C=O) groups is 1. The first kappa shape index (κ1) is 10.2. The summed E-state index contributed by atoms with van der Waals surface area (Å²) in [6, 6.07) is 0. The zero-order valence-corrected chi connectivity index (χ0v) is 7.73. The number of rotatable bonds is 3. The Labute approximate surface area is 79.2 Å². The largest absolute Gasteiger partial charge is 0.469 e. The monoisotopic (exact) mass is 199 g/mol. The highest BCUT2D eigenvalue weighted by Crippen LogP contribution is 2.20. The van der Waals surface area contributed by atoms with E-state index in [-0.39, 0.29) is 17.8 Å². The van der Waals surface area contributed by atoms with Gasteiger partial charge in [0.15, 0.2) is 5.69 Å². The Bertz CT molecular complexity index is 371. The Kier molecular flexibility index (Phi) is 2.80. The van der Waals surface area contributed by atoms with Gasteiger partial charge in [0.1, 0.15) is 5.69 Å². The molecule has 1 rings (SSSR count). The first-order valence-corrected chi connectivity index (χ1v) is 3.81. The zero-order valence-electron chi connectivity index (χ0n) is 7.73. The van der Waals surface area contributed by atoms with Crippen LogP contribution in [0.2, 0.25) is 0 Å². The van der Waals surface area contributed by atoms with Gasteiger partial charge in [-0.3, -0.25) is 20.0 Å². The number of hydrogen-bond acceptors (Lipinski definition) is 5. The van der Waals surface area contributed by atoms with Gasteiger partial charge in [-0.25, -0.2) is 0 Å². The second-order valence-electron chi connectivity index (χ2n) is 2.65. The lowest BCUT2D eigenvalue weighted by atomic mass is 10.2. The standard InChI is InChI=1S/C7H9N3O4/c1-4-7(10(12)13)5(9-8-4)3-6(11)14-2/h3H2,1-2H3,(H,8,9). The van der Waals surface area contributed by atoms with Crippen LogP contribution in [0.4, 0.5) is 5.69 Å². The van der Waals surface area contributed by atoms with Crippen LogP contribution < -0.4 is 0 Å². The number of aromatic nitrogens is 2. The number of esters is 1. The third-order valence-corrected chi connectivity index (χ3v) is 1.71. The highest BCUT2D eigenvalue weighted by molar-refractivity contribution is 5.73. The zero-order chi connectivity index (χ0) is 10.7. The molecule has 0 atom stereocenters. The third-order valence-electron chi connectivity index (χ3n) is 1.71. The smallest absolute Gasteiger partial charge is 0.313 e. The van der Waals surface area contributed by atoms with Crippen molar-refractivity contribution in [1.82, 2.24) is 10.2 Å². The third kappa shape index (κ3) is 1.87. The van der Waals surface area contributed by atoms with Gasteiger partial charge < -0.3 is 4.74 Å². The molecule has 0 aliphatic heterocycles. The molecule has 1 heterocycles. The van der Waals surface area contributed by atoms with Gasteiger partial charge in [-0.15, -0.1) is 0 Å². The molecule has 0 amide bonds. The van der Waals surface area contributed by atoms with Crippen LogP contribution in [0.25, 0.3) is 0 Å². The molecule has 0 spiro atoms. The van der Waals surface area contributed by atoms with Gasteiger partial charge in [-0.2, -0.15) is 5.10 Å². The topological polar surface area (TPSA) is 98.1 Å². The molecule has 1 aromatic heterocycles. The van der Waals surface area contributed by atoms with E-state index in [0.717, 1.165) is 0 Å². The van der Waals surface area contributed by atoms with Crippen LogP contribution in [-0.2, 0) is 16.0 Å². The van der Waals surface area contributed by atoms with E-state index in [1.807, 2.05) is 0 Å². The highest BCUT2D eigenvalue weighted by atomic mass is 16.6. The average molecular weight is 199 g/mol. The van der Waals surface area contributed by atoms with Crippen molar-refractivity contribution >= 4 is 11.7 Å². The lowest BCUT2D eigenvalue weighted by Crippen LogP contribution is -2.06. The van der Waals surface area contributed by atoms with Crippen molar-refractivity contribution in [2.24, 2.45) is 0 Å². The molecule has 7 nitrogen and oxygen atoms in total. The van der Waals surface area contributed by atoms with Gasteiger partial charge in [-0.05, 0) is 6.92 Å². The summed E-state index contributed by atoms with van der Waals surface area (Å²) >= 11 is 0. The van der Waals surface area contributed by atoms with Gasteiger partial charge in [-0.1, -0.05) is 0 Å². The summed E-state index contributed by atoms with van der Waals surface area (Å²) in [4.78, 5) is 20.9. The molecule has 14 heavy (non-hydrogen) atoms. The highest BCUT2D eigenvalue weighted by Gasteiger charge is 2.23. The summed E-state index contributed by atoms with van der Waals surface area (Å²) in [5.41, 5.74) is 0.267. The molecular weight excluding hydrogens is 190 g/mol. The summed E-state index contributed by atoms with van der Waals surface area (Å²) in [7, 11) is 1.22. The number of nitrogens with one attached hydrogen (secondary N) is 1. The van der Waals surface area contributed by atoms with Crippen LogP contribution in [0.3, 0.4) is 0 Å². The fraction of sp³-hybridized carbons (Fsp3) is 0.429. The number of aryl methyl sites for hydroxylation is 1. The van der Waals surface area contributed by atoms with Crippen LogP contribution in [0, 0.1) is 17.0 Å². The Morgan fingerprint density at radius 2 is 2.36 bits per heavy atom. The molecule has 76 valence electrons. The second kappa shape index (κ2) is 3.86. The van der Waals surface area contributed by atoms with Crippen LogP contribution in [0.5, 0.6) is 0 Å². The van der Waals surface area contributed by atoms with Crippen molar-refractivity contribution in [2.45, 2.75) is 13.3 Å². The number of H-pyrrole nitrogens is 1. The van der Waals surface area contributed by atoms with E-state index in [0.29, 0.717) is 5.69 Å². The minimum atomic E-state index is -0.572. The molecular formula is C7H9N3O4. The lowest BCUT2D eigenvalue weighted by Gasteiger charge is -1.95. The lowest BCUT2D eigenvalue weighted by molar-refractivity contribution is -0.386. The van der Waals surface area contributed by atoms with Crippen LogP contribution in [-0.4, -0.2) is 28.2 Å². The molecule has 1 N–H and O–H groups in total. The molecule has 0 aliphatic rings. The van der Waals surface area contributed by atoms with E-state index in [4.69, 9.17) is 0 Å². The second-order valence-corrected chi connectivity index (χ2v) is 2.65. The molecule has 0 radical (unpaired) electrons. The Hall–Kier alpha value is -1.92. The van der Waals surface area contributed by atoms with E-state index in [9.17, 15) is 14.9 Å². The van der Waals surface area contributed by atoms with Crippen molar-refractivity contribution < 1.29 is 14.5 Å². The number of carbonyl (C=O) groups excluding carboxylic acids is 1. The minimum absolute atomic E-state index is 0.0966. The number of ether oxygens (including phenoxy) is 1. The predicted octanol–water partition coefficient (Wildman–Crippen LogP) is 0.342. The van der Waals surface area contributed by atoms with E-state index < -0.39 is 10.9 Å². The maximum Gasteiger partial charge on any atom is 0.313 e. The Morgan fingerprint density at radius 3 is 2.86 bits per heavy atom. The molecule has 0 fully saturated rings. The number of aromatic amines is 1. The van der Waals surface area contributed by atoms with Crippen LogP contribution in [0.1, 0.15) is 11.4 Å². The maximum atomic E-state index is 10.9. The fourth-order valence-electron chi connectivity index (χ4n) is 1.05. The van der Waals surface area contributed by atoms with Gasteiger partial charge in [0.25, 0.3) is 0 Å². The fourth-order valence-corrected chi connectivity index (χ4v) is 1.05. The molecule has 0 saturated carbocycles. The van der Waals surface area contributed by atoms with E-state index in [2.05, 4.69) is 14.9 Å². The van der Waals surface area contributed by atoms with Crippen LogP contribution in [0.15, 0.2) is 0 Å². The minimum Gasteiger partial charge on any atom is -0.469 e. The maximum absolute atomic E-state index is 10.9. The van der Waals surface area contributed by atoms with E-state index >= 15 is 0 Å². The first-order chi connectivity index (χ1) is 6.56. The molecule has 0 aliphatic carbocycles. The molecule has 7 heteroatoms. The Balaban J connectivity index is 2.98. The quantitative estimate of drug-likeness (QED) is 0.430. The summed E-state index contributed by atoms with van der Waals surface area (Å²) in [6.45, 7) is 1.52. The summed E-state index contributed by atoms with van der Waals surface area (Å²) in [6.07, 6.45) is -0.197. The molecule has 0 bridgehead atoms. The van der Waals surface area contributed by atoms with Crippen molar-refractivity contribution in [3.63, 3.8) is 0 Å². The van der Waals surface area contributed by atoms with Crippen molar-refractivity contribution in [3.05, 3.63) is 21.5 Å². The van der Waals surface area contributed by atoms with Gasteiger partial charge in [0, 0.05) is 0 Å². The summed E-state index contributed by atoms with van der Waals surface area (Å²) < 4.78 is 4.38. The van der Waals surface area contributed by atoms with Crippen molar-refractivity contribution in [3.8, 4) is 0 Å². The molecule has 0 unspecified atom stereocenters. The van der Waals surface area contributed by atoms with Gasteiger partial charge in [0.05, 0.1) is 18.5 Å². The summed E-state index contributed by atoms with van der Waals surface area (Å²) in [5, 5.41) is 16.7. The number of nitro groups is 1. The first-order valence-electron chi connectivity index (χ1n) is 3.81. The molecule has 0 aromatic carbocycles. The number of nitrogens with zero attached hydrogens (tertiary/aromatic N) is 2. The predicted molar refractivity (Wildman–Crippen MR) is 45.7 cm³/mol. The SMILES string of the molecule is COC(=O)Cc1n[nH]c(C)c1[N+](=O)[O-]. The number of hydrogen-bond donors (Lipinski definition) is 1. The number of methoxy groups -OCH3 is 1.